The zero-order valence-corrected chi connectivity index (χ0v) is 17.0. The number of anilines is 2. The summed E-state index contributed by atoms with van der Waals surface area (Å²) in [6.45, 7) is 1.99. The number of nitrogens with one attached hydrogen (secondary N) is 2. The van der Waals surface area contributed by atoms with Crippen LogP contribution in [0.2, 0.25) is 0 Å². The highest BCUT2D eigenvalue weighted by Crippen LogP contribution is 2.36. The van der Waals surface area contributed by atoms with Crippen LogP contribution >= 0.6 is 23.1 Å². The minimum atomic E-state index is -0.582. The Bertz CT molecular complexity index is 974. The molecule has 0 aliphatic heterocycles. The predicted octanol–water partition coefficient (Wildman–Crippen LogP) is 5.35. The molecular weight excluding hydrogens is 394 g/mol. The topological polar surface area (TPSA) is 80.3 Å². The normalized spacial score (nSPS) is 10.4. The highest BCUT2D eigenvalue weighted by Gasteiger charge is 2.19. The Hall–Kier alpha value is -2.84. The molecule has 28 heavy (non-hydrogen) atoms. The van der Waals surface area contributed by atoms with Crippen molar-refractivity contribution in [2.24, 2.45) is 0 Å². The zero-order chi connectivity index (χ0) is 19.9. The van der Waals surface area contributed by atoms with Crippen molar-refractivity contribution in [2.75, 3.05) is 23.5 Å². The van der Waals surface area contributed by atoms with Gasteiger partial charge in [0.05, 0.1) is 12.2 Å². The molecule has 0 aliphatic carbocycles. The first kappa shape index (κ1) is 19.9. The standard InChI is InChI=1S/C20H19N3O3S2/c1-3-26-20(25)23-19-21-16(13-9-5-4-6-10-13)18(28-19)22-17(24)14-11-7-8-12-15(14)27-2/h4-12H,3H2,1-2H3,(H,22,24)(H,21,23,25). The van der Waals surface area contributed by atoms with Crippen molar-refractivity contribution >= 4 is 45.2 Å². The summed E-state index contributed by atoms with van der Waals surface area (Å²) in [6.07, 6.45) is 1.34. The quantitative estimate of drug-likeness (QED) is 0.532. The maximum atomic E-state index is 12.9. The number of rotatable bonds is 6. The van der Waals surface area contributed by atoms with Crippen molar-refractivity contribution in [3.8, 4) is 11.3 Å². The lowest BCUT2D eigenvalue weighted by molar-refractivity contribution is 0.102. The minimum Gasteiger partial charge on any atom is -0.450 e. The molecule has 2 aromatic carbocycles. The molecule has 144 valence electrons. The SMILES string of the molecule is CCOC(=O)Nc1nc(-c2ccccc2)c(NC(=O)c2ccccc2SC)s1. The van der Waals surface area contributed by atoms with E-state index in [2.05, 4.69) is 15.6 Å². The van der Waals surface area contributed by atoms with Crippen molar-refractivity contribution in [3.05, 3.63) is 60.2 Å². The lowest BCUT2D eigenvalue weighted by atomic mass is 10.1. The third kappa shape index (κ3) is 4.71. The molecular formula is C20H19N3O3S2. The molecule has 0 unspecified atom stereocenters. The van der Waals surface area contributed by atoms with Gasteiger partial charge in [0.1, 0.15) is 10.7 Å². The number of amides is 2. The Morgan fingerprint density at radius 3 is 2.50 bits per heavy atom. The Kier molecular flexibility index (Phi) is 6.67. The summed E-state index contributed by atoms with van der Waals surface area (Å²) < 4.78 is 4.91. The maximum Gasteiger partial charge on any atom is 0.413 e. The molecule has 0 saturated heterocycles. The Balaban J connectivity index is 1.93. The van der Waals surface area contributed by atoms with Crippen LogP contribution < -0.4 is 10.6 Å². The van der Waals surface area contributed by atoms with Gasteiger partial charge in [0, 0.05) is 10.5 Å². The molecule has 0 bridgehead atoms. The fraction of sp³-hybridized carbons (Fsp3) is 0.150. The summed E-state index contributed by atoms with van der Waals surface area (Å²) >= 11 is 2.69. The van der Waals surface area contributed by atoms with Gasteiger partial charge in [-0.3, -0.25) is 10.1 Å². The molecule has 8 heteroatoms. The Morgan fingerprint density at radius 2 is 1.79 bits per heavy atom. The predicted molar refractivity (Wildman–Crippen MR) is 114 cm³/mol. The number of thioether (sulfide) groups is 1. The summed E-state index contributed by atoms with van der Waals surface area (Å²) in [5.74, 6) is -0.228. The summed E-state index contributed by atoms with van der Waals surface area (Å²) in [6, 6.07) is 16.9. The van der Waals surface area contributed by atoms with Gasteiger partial charge in [-0.2, -0.15) is 0 Å². The van der Waals surface area contributed by atoms with Gasteiger partial charge in [0.2, 0.25) is 0 Å². The molecule has 0 aliphatic rings. The van der Waals surface area contributed by atoms with Crippen molar-refractivity contribution < 1.29 is 14.3 Å². The van der Waals surface area contributed by atoms with Crippen LogP contribution in [0.4, 0.5) is 14.9 Å². The van der Waals surface area contributed by atoms with E-state index >= 15 is 0 Å². The highest BCUT2D eigenvalue weighted by atomic mass is 32.2. The number of hydrogen-bond acceptors (Lipinski definition) is 6. The van der Waals surface area contributed by atoms with Crippen molar-refractivity contribution in [3.63, 3.8) is 0 Å². The molecule has 2 amide bonds. The molecule has 1 heterocycles. The van der Waals surface area contributed by atoms with Gasteiger partial charge in [-0.15, -0.1) is 11.8 Å². The van der Waals surface area contributed by atoms with Crippen LogP contribution in [0.15, 0.2) is 59.5 Å². The number of hydrogen-bond donors (Lipinski definition) is 2. The van der Waals surface area contributed by atoms with Crippen molar-refractivity contribution in [1.29, 1.82) is 0 Å². The van der Waals surface area contributed by atoms with Crippen LogP contribution in [0.5, 0.6) is 0 Å². The molecule has 0 fully saturated rings. The second-order valence-electron chi connectivity index (χ2n) is 5.56. The molecule has 0 saturated carbocycles. The van der Waals surface area contributed by atoms with E-state index in [9.17, 15) is 9.59 Å². The second-order valence-corrected chi connectivity index (χ2v) is 7.41. The number of carbonyl (C=O) groups is 2. The molecule has 0 atom stereocenters. The van der Waals surface area contributed by atoms with E-state index in [4.69, 9.17) is 4.74 Å². The van der Waals surface area contributed by atoms with E-state index in [-0.39, 0.29) is 12.5 Å². The van der Waals surface area contributed by atoms with Crippen molar-refractivity contribution in [2.45, 2.75) is 11.8 Å². The van der Waals surface area contributed by atoms with Gasteiger partial charge in [0.15, 0.2) is 5.13 Å². The Morgan fingerprint density at radius 1 is 1.07 bits per heavy atom. The summed E-state index contributed by atoms with van der Waals surface area (Å²) in [4.78, 5) is 30.0. The first-order valence-corrected chi connectivity index (χ1v) is 10.6. The number of thiazole rings is 1. The molecule has 0 spiro atoms. The third-order valence-corrected chi connectivity index (χ3v) is 5.42. The average molecular weight is 414 g/mol. The fourth-order valence-corrected chi connectivity index (χ4v) is 3.97. The van der Waals surface area contributed by atoms with Gasteiger partial charge in [0.25, 0.3) is 5.91 Å². The number of aromatic nitrogens is 1. The molecule has 1 aromatic heterocycles. The van der Waals surface area contributed by atoms with Gasteiger partial charge < -0.3 is 10.1 Å². The first-order valence-electron chi connectivity index (χ1n) is 8.56. The smallest absolute Gasteiger partial charge is 0.413 e. The van der Waals surface area contributed by atoms with Crippen LogP contribution in [0, 0.1) is 0 Å². The van der Waals surface area contributed by atoms with Crippen LogP contribution in [0.25, 0.3) is 11.3 Å². The summed E-state index contributed by atoms with van der Waals surface area (Å²) in [5.41, 5.74) is 2.01. The molecule has 6 nitrogen and oxygen atoms in total. The van der Waals surface area contributed by atoms with E-state index in [1.807, 2.05) is 54.8 Å². The zero-order valence-electron chi connectivity index (χ0n) is 15.4. The summed E-state index contributed by atoms with van der Waals surface area (Å²) in [7, 11) is 0. The minimum absolute atomic E-state index is 0.228. The lowest BCUT2D eigenvalue weighted by Crippen LogP contribution is -2.13. The van der Waals surface area contributed by atoms with Crippen LogP contribution in [-0.2, 0) is 4.74 Å². The monoisotopic (exact) mass is 413 g/mol. The molecule has 0 radical (unpaired) electrons. The second kappa shape index (κ2) is 9.38. The summed E-state index contributed by atoms with van der Waals surface area (Å²) in [5, 5.41) is 6.44. The van der Waals surface area contributed by atoms with Gasteiger partial charge >= 0.3 is 6.09 Å². The fourth-order valence-electron chi connectivity index (χ4n) is 2.51. The van der Waals surface area contributed by atoms with Crippen LogP contribution in [0.1, 0.15) is 17.3 Å². The maximum absolute atomic E-state index is 12.9. The number of benzene rings is 2. The highest BCUT2D eigenvalue weighted by molar-refractivity contribution is 7.98. The first-order chi connectivity index (χ1) is 13.6. The van der Waals surface area contributed by atoms with E-state index in [1.54, 1.807) is 13.0 Å². The Labute approximate surface area is 171 Å². The third-order valence-electron chi connectivity index (χ3n) is 3.74. The van der Waals surface area contributed by atoms with E-state index in [0.717, 1.165) is 10.5 Å². The number of carbonyl (C=O) groups excluding carboxylic acids is 2. The van der Waals surface area contributed by atoms with Crippen LogP contribution in [-0.4, -0.2) is 29.8 Å². The lowest BCUT2D eigenvalue weighted by Gasteiger charge is -2.08. The van der Waals surface area contributed by atoms with Gasteiger partial charge in [-0.1, -0.05) is 53.8 Å². The van der Waals surface area contributed by atoms with Gasteiger partial charge in [-0.05, 0) is 25.3 Å². The molecule has 2 N–H and O–H groups in total. The number of nitrogens with zero attached hydrogens (tertiary/aromatic N) is 1. The largest absolute Gasteiger partial charge is 0.450 e. The van der Waals surface area contributed by atoms with E-state index in [1.165, 1.54) is 23.1 Å². The number of ether oxygens (including phenoxy) is 1. The molecule has 3 rings (SSSR count). The van der Waals surface area contributed by atoms with Gasteiger partial charge in [-0.25, -0.2) is 9.78 Å². The van der Waals surface area contributed by atoms with E-state index < -0.39 is 6.09 Å². The van der Waals surface area contributed by atoms with E-state index in [0.29, 0.717) is 21.4 Å². The molecule has 3 aromatic rings. The van der Waals surface area contributed by atoms with Crippen molar-refractivity contribution in [1.82, 2.24) is 4.98 Å². The average Bonchev–Trinajstić information content (AvgIpc) is 3.10. The van der Waals surface area contributed by atoms with Crippen LogP contribution in [0.3, 0.4) is 0 Å².